The second-order valence-corrected chi connectivity index (χ2v) is 3.97. The molecule has 0 atom stereocenters. The average molecular weight is 237 g/mol. The van der Waals surface area contributed by atoms with Crippen molar-refractivity contribution < 1.29 is 4.79 Å². The summed E-state index contributed by atoms with van der Waals surface area (Å²) >= 11 is 0. The highest BCUT2D eigenvalue weighted by Crippen LogP contribution is 2.21. The molecule has 1 N–H and O–H groups in total. The van der Waals surface area contributed by atoms with Crippen molar-refractivity contribution in [3.05, 3.63) is 84.4 Å². The van der Waals surface area contributed by atoms with Crippen LogP contribution in [0.1, 0.15) is 17.2 Å². The topological polar surface area (TPSA) is 29.1 Å². The Hall–Kier alpha value is -2.35. The molecule has 0 aliphatic heterocycles. The van der Waals surface area contributed by atoms with Gasteiger partial charge in [-0.25, -0.2) is 0 Å². The Bertz CT molecular complexity index is 480. The van der Waals surface area contributed by atoms with Gasteiger partial charge in [-0.2, -0.15) is 0 Å². The number of carbonyl (C=O) groups excluding carboxylic acids is 1. The van der Waals surface area contributed by atoms with Crippen LogP contribution in [0, 0.1) is 0 Å². The minimum absolute atomic E-state index is 0.141. The molecule has 0 fully saturated rings. The van der Waals surface area contributed by atoms with Crippen molar-refractivity contribution in [2.75, 3.05) is 0 Å². The summed E-state index contributed by atoms with van der Waals surface area (Å²) in [5.74, 6) is -0.173. The Morgan fingerprint density at radius 1 is 0.944 bits per heavy atom. The van der Waals surface area contributed by atoms with Crippen molar-refractivity contribution in [2.24, 2.45) is 0 Å². The number of rotatable bonds is 4. The van der Waals surface area contributed by atoms with Crippen LogP contribution < -0.4 is 5.32 Å². The lowest BCUT2D eigenvalue weighted by molar-refractivity contribution is -0.116. The maximum absolute atomic E-state index is 11.5. The third-order valence-electron chi connectivity index (χ3n) is 2.74. The molecule has 0 saturated carbocycles. The number of benzene rings is 2. The van der Waals surface area contributed by atoms with E-state index in [2.05, 4.69) is 11.9 Å². The summed E-state index contributed by atoms with van der Waals surface area (Å²) in [6.07, 6.45) is 1.29. The number of nitrogens with one attached hydrogen (secondary N) is 1. The third kappa shape index (κ3) is 2.86. The summed E-state index contributed by atoms with van der Waals surface area (Å²) in [7, 11) is 0. The van der Waals surface area contributed by atoms with E-state index in [-0.39, 0.29) is 11.9 Å². The van der Waals surface area contributed by atoms with Gasteiger partial charge in [0.25, 0.3) is 0 Å². The molecular weight excluding hydrogens is 222 g/mol. The van der Waals surface area contributed by atoms with Gasteiger partial charge < -0.3 is 5.32 Å². The molecule has 0 aromatic heterocycles. The Kier molecular flexibility index (Phi) is 3.92. The molecule has 0 aliphatic rings. The molecule has 2 rings (SSSR count). The molecule has 2 heteroatoms. The number of hydrogen-bond acceptors (Lipinski definition) is 1. The molecule has 0 spiro atoms. The first-order chi connectivity index (χ1) is 8.81. The van der Waals surface area contributed by atoms with E-state index in [9.17, 15) is 4.79 Å². The van der Waals surface area contributed by atoms with Crippen LogP contribution in [-0.4, -0.2) is 5.91 Å². The van der Waals surface area contributed by atoms with Crippen LogP contribution in [0.15, 0.2) is 73.3 Å². The Morgan fingerprint density at radius 3 is 1.78 bits per heavy atom. The number of hydrogen-bond donors (Lipinski definition) is 1. The molecule has 0 unspecified atom stereocenters. The lowest BCUT2D eigenvalue weighted by atomic mass is 9.99. The second kappa shape index (κ2) is 5.82. The first kappa shape index (κ1) is 12.1. The molecule has 0 bridgehead atoms. The highest BCUT2D eigenvalue weighted by Gasteiger charge is 2.14. The molecule has 2 aromatic carbocycles. The van der Waals surface area contributed by atoms with Gasteiger partial charge in [-0.05, 0) is 17.2 Å². The Morgan fingerprint density at radius 2 is 1.39 bits per heavy atom. The number of amides is 1. The molecule has 0 radical (unpaired) electrons. The summed E-state index contributed by atoms with van der Waals surface area (Å²) in [5.41, 5.74) is 2.11. The van der Waals surface area contributed by atoms with Crippen LogP contribution in [0.3, 0.4) is 0 Å². The van der Waals surface area contributed by atoms with Gasteiger partial charge in [0.05, 0.1) is 6.04 Å². The van der Waals surface area contributed by atoms with Crippen molar-refractivity contribution in [1.82, 2.24) is 5.32 Å². The fraction of sp³-hybridized carbons (Fsp3) is 0.0625. The Balaban J connectivity index is 2.35. The van der Waals surface area contributed by atoms with E-state index >= 15 is 0 Å². The second-order valence-electron chi connectivity index (χ2n) is 3.97. The van der Waals surface area contributed by atoms with Crippen LogP contribution in [0.5, 0.6) is 0 Å². The van der Waals surface area contributed by atoms with E-state index < -0.39 is 0 Å². The van der Waals surface area contributed by atoms with Gasteiger partial charge in [0, 0.05) is 0 Å². The monoisotopic (exact) mass is 237 g/mol. The summed E-state index contributed by atoms with van der Waals surface area (Å²) in [4.78, 5) is 11.5. The molecule has 0 aliphatic carbocycles. The maximum atomic E-state index is 11.5. The van der Waals surface area contributed by atoms with Crippen molar-refractivity contribution in [3.8, 4) is 0 Å². The van der Waals surface area contributed by atoms with E-state index in [1.54, 1.807) is 0 Å². The predicted molar refractivity (Wildman–Crippen MR) is 73.1 cm³/mol. The van der Waals surface area contributed by atoms with Crippen LogP contribution in [0.2, 0.25) is 0 Å². The van der Waals surface area contributed by atoms with E-state index in [1.807, 2.05) is 60.7 Å². The average Bonchev–Trinajstić information content (AvgIpc) is 2.46. The van der Waals surface area contributed by atoms with Gasteiger partial charge in [-0.3, -0.25) is 4.79 Å². The van der Waals surface area contributed by atoms with E-state index in [4.69, 9.17) is 0 Å². The molecular formula is C16H15NO. The SMILES string of the molecule is C=CC(=O)NC(c1ccccc1)c1ccccc1. The highest BCUT2D eigenvalue weighted by molar-refractivity contribution is 5.87. The molecule has 2 aromatic rings. The fourth-order valence-electron chi connectivity index (χ4n) is 1.85. The normalized spacial score (nSPS) is 10.1. The molecule has 18 heavy (non-hydrogen) atoms. The molecule has 2 nitrogen and oxygen atoms in total. The largest absolute Gasteiger partial charge is 0.342 e. The quantitative estimate of drug-likeness (QED) is 0.813. The number of carbonyl (C=O) groups is 1. The highest BCUT2D eigenvalue weighted by atomic mass is 16.1. The van der Waals surface area contributed by atoms with Gasteiger partial charge in [0.15, 0.2) is 0 Å². The smallest absolute Gasteiger partial charge is 0.244 e. The Labute approximate surface area is 107 Å². The minimum Gasteiger partial charge on any atom is -0.342 e. The zero-order chi connectivity index (χ0) is 12.8. The minimum atomic E-state index is -0.173. The van der Waals surface area contributed by atoms with Gasteiger partial charge in [0.1, 0.15) is 0 Å². The molecule has 90 valence electrons. The van der Waals surface area contributed by atoms with Crippen LogP contribution in [-0.2, 0) is 4.79 Å². The van der Waals surface area contributed by atoms with Gasteiger partial charge in [-0.1, -0.05) is 67.2 Å². The zero-order valence-corrected chi connectivity index (χ0v) is 10.0. The summed E-state index contributed by atoms with van der Waals surface area (Å²) in [5, 5.41) is 2.94. The van der Waals surface area contributed by atoms with Crippen molar-refractivity contribution in [2.45, 2.75) is 6.04 Å². The van der Waals surface area contributed by atoms with E-state index in [0.717, 1.165) is 11.1 Å². The standard InChI is InChI=1S/C16H15NO/c1-2-15(18)17-16(13-9-5-3-6-10-13)14-11-7-4-8-12-14/h2-12,16H,1H2,(H,17,18). The van der Waals surface area contributed by atoms with Gasteiger partial charge in [0.2, 0.25) is 5.91 Å². The molecule has 0 heterocycles. The van der Waals surface area contributed by atoms with Crippen molar-refractivity contribution >= 4 is 5.91 Å². The third-order valence-corrected chi connectivity index (χ3v) is 2.74. The first-order valence-electron chi connectivity index (χ1n) is 5.84. The molecule has 0 saturated heterocycles. The van der Waals surface area contributed by atoms with Gasteiger partial charge in [-0.15, -0.1) is 0 Å². The van der Waals surface area contributed by atoms with Crippen molar-refractivity contribution in [1.29, 1.82) is 0 Å². The lowest BCUT2D eigenvalue weighted by Crippen LogP contribution is -2.27. The zero-order valence-electron chi connectivity index (χ0n) is 10.0. The van der Waals surface area contributed by atoms with Crippen LogP contribution in [0.4, 0.5) is 0 Å². The van der Waals surface area contributed by atoms with Crippen LogP contribution >= 0.6 is 0 Å². The summed E-state index contributed by atoms with van der Waals surface area (Å²) < 4.78 is 0. The van der Waals surface area contributed by atoms with E-state index in [0.29, 0.717) is 0 Å². The predicted octanol–water partition coefficient (Wildman–Crippen LogP) is 3.08. The first-order valence-corrected chi connectivity index (χ1v) is 5.84. The van der Waals surface area contributed by atoms with Crippen LogP contribution in [0.25, 0.3) is 0 Å². The maximum Gasteiger partial charge on any atom is 0.244 e. The summed E-state index contributed by atoms with van der Waals surface area (Å²) in [6.45, 7) is 3.49. The molecule has 1 amide bonds. The van der Waals surface area contributed by atoms with Gasteiger partial charge >= 0.3 is 0 Å². The van der Waals surface area contributed by atoms with Crippen molar-refractivity contribution in [3.63, 3.8) is 0 Å². The summed E-state index contributed by atoms with van der Waals surface area (Å²) in [6, 6.07) is 19.6. The fourth-order valence-corrected chi connectivity index (χ4v) is 1.85. The lowest BCUT2D eigenvalue weighted by Gasteiger charge is -2.18. The van der Waals surface area contributed by atoms with E-state index in [1.165, 1.54) is 6.08 Å².